The molecule has 1 aromatic heterocycles. The van der Waals surface area contributed by atoms with Crippen molar-refractivity contribution in [1.29, 1.82) is 0 Å². The fourth-order valence-corrected chi connectivity index (χ4v) is 1.68. The maximum Gasteiger partial charge on any atom is 0.330 e. The minimum Gasteiger partial charge on any atom is -0.463 e. The third kappa shape index (κ3) is 4.05. The molecular weight excluding hydrogens is 284 g/mol. The standard InChI is InChI=1S/C16H16N2O4/c1-3-21-14(19)9-8-13-15(20)17-10-18-16(13)22-12-6-4-11(2)5-7-12/h4-10H,3H2,1-2H3,(H,17,18,20)/b9-8+. The van der Waals surface area contributed by atoms with Crippen LogP contribution in [-0.4, -0.2) is 22.5 Å². The molecule has 1 aromatic carbocycles. The van der Waals surface area contributed by atoms with Crippen molar-refractivity contribution >= 4 is 12.0 Å². The van der Waals surface area contributed by atoms with Gasteiger partial charge >= 0.3 is 5.97 Å². The monoisotopic (exact) mass is 300 g/mol. The third-order valence-corrected chi connectivity index (χ3v) is 2.76. The maximum absolute atomic E-state index is 11.9. The number of nitrogens with one attached hydrogen (secondary N) is 1. The van der Waals surface area contributed by atoms with Crippen molar-refractivity contribution in [1.82, 2.24) is 9.97 Å². The first kappa shape index (κ1) is 15.5. The Balaban J connectivity index is 2.28. The lowest BCUT2D eigenvalue weighted by atomic mass is 10.2. The van der Waals surface area contributed by atoms with Gasteiger partial charge in [-0.2, -0.15) is 0 Å². The first-order chi connectivity index (χ1) is 10.6. The van der Waals surface area contributed by atoms with E-state index in [0.29, 0.717) is 5.75 Å². The number of hydrogen-bond donors (Lipinski definition) is 1. The molecule has 6 nitrogen and oxygen atoms in total. The minimum atomic E-state index is -0.535. The van der Waals surface area contributed by atoms with Crippen molar-refractivity contribution in [3.8, 4) is 11.6 Å². The van der Waals surface area contributed by atoms with Crippen LogP contribution < -0.4 is 10.3 Å². The van der Waals surface area contributed by atoms with Gasteiger partial charge in [0.25, 0.3) is 5.56 Å². The van der Waals surface area contributed by atoms with E-state index in [1.807, 2.05) is 19.1 Å². The van der Waals surface area contributed by atoms with Gasteiger partial charge in [-0.3, -0.25) is 4.79 Å². The summed E-state index contributed by atoms with van der Waals surface area (Å²) < 4.78 is 10.4. The molecule has 6 heteroatoms. The normalized spacial score (nSPS) is 10.6. The molecule has 0 saturated carbocycles. The van der Waals surface area contributed by atoms with E-state index in [1.165, 1.54) is 12.4 Å². The van der Waals surface area contributed by atoms with Crippen LogP contribution >= 0.6 is 0 Å². The largest absolute Gasteiger partial charge is 0.463 e. The Hall–Kier alpha value is -2.89. The van der Waals surface area contributed by atoms with Crippen LogP contribution in [0, 0.1) is 6.92 Å². The zero-order valence-electron chi connectivity index (χ0n) is 12.3. The maximum atomic E-state index is 11.9. The topological polar surface area (TPSA) is 81.3 Å². The number of benzene rings is 1. The van der Waals surface area contributed by atoms with Gasteiger partial charge in [0.05, 0.1) is 12.9 Å². The molecule has 0 bridgehead atoms. The number of aromatic amines is 1. The molecule has 22 heavy (non-hydrogen) atoms. The molecule has 0 spiro atoms. The van der Waals surface area contributed by atoms with Crippen molar-refractivity contribution in [2.45, 2.75) is 13.8 Å². The van der Waals surface area contributed by atoms with Crippen molar-refractivity contribution in [2.75, 3.05) is 6.61 Å². The van der Waals surface area contributed by atoms with E-state index in [1.54, 1.807) is 19.1 Å². The van der Waals surface area contributed by atoms with E-state index in [2.05, 4.69) is 9.97 Å². The lowest BCUT2D eigenvalue weighted by molar-refractivity contribution is -0.137. The molecule has 0 radical (unpaired) electrons. The zero-order chi connectivity index (χ0) is 15.9. The van der Waals surface area contributed by atoms with Crippen LogP contribution in [0.5, 0.6) is 11.6 Å². The Kier molecular flexibility index (Phi) is 5.08. The number of H-pyrrole nitrogens is 1. The van der Waals surface area contributed by atoms with Crippen LogP contribution in [0.2, 0.25) is 0 Å². The highest BCUT2D eigenvalue weighted by molar-refractivity contribution is 5.87. The van der Waals surface area contributed by atoms with Gasteiger partial charge in [0.1, 0.15) is 11.3 Å². The summed E-state index contributed by atoms with van der Waals surface area (Å²) in [4.78, 5) is 29.7. The molecular formula is C16H16N2O4. The third-order valence-electron chi connectivity index (χ3n) is 2.76. The predicted octanol–water partition coefficient (Wildman–Crippen LogP) is 2.45. The molecule has 2 aromatic rings. The van der Waals surface area contributed by atoms with Gasteiger partial charge in [-0.25, -0.2) is 9.78 Å². The molecule has 114 valence electrons. The van der Waals surface area contributed by atoms with Gasteiger partial charge in [0, 0.05) is 6.08 Å². The van der Waals surface area contributed by atoms with Crippen LogP contribution in [0.25, 0.3) is 6.08 Å². The Morgan fingerprint density at radius 2 is 2.05 bits per heavy atom. The lowest BCUT2D eigenvalue weighted by Crippen LogP contribution is -2.12. The van der Waals surface area contributed by atoms with Crippen LogP contribution in [0.1, 0.15) is 18.1 Å². The van der Waals surface area contributed by atoms with E-state index in [0.717, 1.165) is 11.6 Å². The predicted molar refractivity (Wildman–Crippen MR) is 81.8 cm³/mol. The second-order valence-electron chi connectivity index (χ2n) is 4.45. The molecule has 0 atom stereocenters. The van der Waals surface area contributed by atoms with Gasteiger partial charge in [0.2, 0.25) is 5.88 Å². The molecule has 1 heterocycles. The van der Waals surface area contributed by atoms with Gasteiger partial charge in [-0.05, 0) is 32.1 Å². The highest BCUT2D eigenvalue weighted by Gasteiger charge is 2.09. The van der Waals surface area contributed by atoms with Crippen molar-refractivity contribution in [2.24, 2.45) is 0 Å². The van der Waals surface area contributed by atoms with E-state index in [4.69, 9.17) is 9.47 Å². The van der Waals surface area contributed by atoms with Crippen molar-refractivity contribution < 1.29 is 14.3 Å². The van der Waals surface area contributed by atoms with Crippen LogP contribution in [0.15, 0.2) is 41.5 Å². The zero-order valence-corrected chi connectivity index (χ0v) is 12.3. The second-order valence-corrected chi connectivity index (χ2v) is 4.45. The number of nitrogens with zero attached hydrogens (tertiary/aromatic N) is 1. The quantitative estimate of drug-likeness (QED) is 0.677. The Morgan fingerprint density at radius 1 is 1.32 bits per heavy atom. The molecule has 0 saturated heterocycles. The highest BCUT2D eigenvalue weighted by atomic mass is 16.5. The van der Waals surface area contributed by atoms with E-state index in [9.17, 15) is 9.59 Å². The Morgan fingerprint density at radius 3 is 2.73 bits per heavy atom. The molecule has 0 aliphatic carbocycles. The SMILES string of the molecule is CCOC(=O)/C=C/c1c(Oc2ccc(C)cc2)nc[nH]c1=O. The van der Waals surface area contributed by atoms with Gasteiger partial charge in [-0.15, -0.1) is 0 Å². The van der Waals surface area contributed by atoms with Crippen molar-refractivity contribution in [3.05, 3.63) is 58.1 Å². The molecule has 1 N–H and O–H groups in total. The summed E-state index contributed by atoms with van der Waals surface area (Å²) >= 11 is 0. The smallest absolute Gasteiger partial charge is 0.330 e. The molecule has 0 amide bonds. The fraction of sp³-hybridized carbons (Fsp3) is 0.188. The number of aromatic nitrogens is 2. The number of ether oxygens (including phenoxy) is 2. The Bertz CT molecular complexity index is 733. The second kappa shape index (κ2) is 7.21. The Labute approximate surface area is 127 Å². The van der Waals surface area contributed by atoms with Gasteiger partial charge < -0.3 is 14.5 Å². The minimum absolute atomic E-state index is 0.119. The van der Waals surface area contributed by atoms with Gasteiger partial charge in [-0.1, -0.05) is 17.7 Å². The van der Waals surface area contributed by atoms with Crippen LogP contribution in [-0.2, 0) is 9.53 Å². The van der Waals surface area contributed by atoms with Crippen molar-refractivity contribution in [3.63, 3.8) is 0 Å². The highest BCUT2D eigenvalue weighted by Crippen LogP contribution is 2.21. The summed E-state index contributed by atoms with van der Waals surface area (Å²) in [5.74, 6) is 0.134. The number of carbonyl (C=O) groups excluding carboxylic acids is 1. The molecule has 0 unspecified atom stereocenters. The lowest BCUT2D eigenvalue weighted by Gasteiger charge is -2.07. The first-order valence-electron chi connectivity index (χ1n) is 6.77. The summed E-state index contributed by atoms with van der Waals surface area (Å²) in [5.41, 5.74) is 0.836. The molecule has 2 rings (SSSR count). The molecule has 0 fully saturated rings. The summed E-state index contributed by atoms with van der Waals surface area (Å²) in [7, 11) is 0. The number of rotatable bonds is 5. The van der Waals surface area contributed by atoms with E-state index < -0.39 is 11.5 Å². The number of esters is 1. The molecule has 0 aliphatic rings. The first-order valence-corrected chi connectivity index (χ1v) is 6.77. The summed E-state index contributed by atoms with van der Waals surface area (Å²) in [6.45, 7) is 3.93. The summed E-state index contributed by atoms with van der Waals surface area (Å²) in [6, 6.07) is 7.32. The summed E-state index contributed by atoms with van der Waals surface area (Å²) in [6.07, 6.45) is 3.73. The van der Waals surface area contributed by atoms with E-state index in [-0.39, 0.29) is 18.1 Å². The van der Waals surface area contributed by atoms with E-state index >= 15 is 0 Å². The average molecular weight is 300 g/mol. The van der Waals surface area contributed by atoms with Gasteiger partial charge in [0.15, 0.2) is 0 Å². The number of carbonyl (C=O) groups is 1. The van der Waals surface area contributed by atoms with Crippen LogP contribution in [0.3, 0.4) is 0 Å². The summed E-state index contributed by atoms with van der Waals surface area (Å²) in [5, 5.41) is 0. The fourth-order valence-electron chi connectivity index (χ4n) is 1.68. The number of hydrogen-bond acceptors (Lipinski definition) is 5. The average Bonchev–Trinajstić information content (AvgIpc) is 2.49. The number of aryl methyl sites for hydroxylation is 1. The molecule has 0 aliphatic heterocycles. The van der Waals surface area contributed by atoms with Crippen LogP contribution in [0.4, 0.5) is 0 Å².